The molecule has 1 aromatic heterocycles. The highest BCUT2D eigenvalue weighted by atomic mass is 16.3. The normalized spacial score (nSPS) is 13.1. The van der Waals surface area contributed by atoms with E-state index in [9.17, 15) is 0 Å². The smallest absolute Gasteiger partial charge is 0.0763 e. The van der Waals surface area contributed by atoms with Crippen LogP contribution in [0.15, 0.2) is 18.3 Å². The molecule has 0 aromatic carbocycles. The number of aromatic nitrogens is 1. The van der Waals surface area contributed by atoms with E-state index in [4.69, 9.17) is 5.11 Å². The Kier molecular flexibility index (Phi) is 2.02. The maximum atomic E-state index is 9.12. The van der Waals surface area contributed by atoms with Crippen molar-refractivity contribution in [3.05, 3.63) is 29.6 Å². The maximum Gasteiger partial charge on any atom is 0.0763 e. The first-order valence-corrected chi connectivity index (χ1v) is 3.31. The largest absolute Gasteiger partial charge is 0.389 e. The van der Waals surface area contributed by atoms with E-state index in [1.165, 1.54) is 0 Å². The van der Waals surface area contributed by atoms with E-state index in [1.54, 1.807) is 13.1 Å². The van der Waals surface area contributed by atoms with Crippen LogP contribution in [0.5, 0.6) is 0 Å². The van der Waals surface area contributed by atoms with Crippen molar-refractivity contribution in [3.63, 3.8) is 0 Å². The van der Waals surface area contributed by atoms with Crippen LogP contribution in [-0.4, -0.2) is 10.1 Å². The van der Waals surface area contributed by atoms with Crippen molar-refractivity contribution in [3.8, 4) is 0 Å². The molecule has 1 N–H and O–H groups in total. The van der Waals surface area contributed by atoms with Gasteiger partial charge in [0.25, 0.3) is 0 Å². The van der Waals surface area contributed by atoms with Crippen LogP contribution in [0.25, 0.3) is 0 Å². The van der Waals surface area contributed by atoms with Gasteiger partial charge in [-0.25, -0.2) is 0 Å². The first kappa shape index (κ1) is 7.22. The molecule has 0 bridgehead atoms. The molecule has 1 heterocycles. The molecule has 0 radical (unpaired) electrons. The summed E-state index contributed by atoms with van der Waals surface area (Å²) >= 11 is 0. The molecule has 0 saturated heterocycles. The van der Waals surface area contributed by atoms with Gasteiger partial charge in [0, 0.05) is 11.9 Å². The average molecular weight is 137 g/mol. The topological polar surface area (TPSA) is 33.1 Å². The lowest BCUT2D eigenvalue weighted by Gasteiger charge is -2.03. The fraction of sp³-hybridized carbons (Fsp3) is 0.375. The Morgan fingerprint density at radius 1 is 1.60 bits per heavy atom. The number of rotatable bonds is 1. The van der Waals surface area contributed by atoms with Crippen LogP contribution in [0.2, 0.25) is 0 Å². The van der Waals surface area contributed by atoms with Crippen LogP contribution in [0.3, 0.4) is 0 Å². The summed E-state index contributed by atoms with van der Waals surface area (Å²) in [5.41, 5.74) is 1.87. The lowest BCUT2D eigenvalue weighted by molar-refractivity contribution is 0.199. The third-order valence-electron chi connectivity index (χ3n) is 1.40. The second kappa shape index (κ2) is 2.80. The summed E-state index contributed by atoms with van der Waals surface area (Å²) in [6.45, 7) is 3.65. The zero-order chi connectivity index (χ0) is 7.56. The van der Waals surface area contributed by atoms with Crippen LogP contribution in [0.4, 0.5) is 0 Å². The van der Waals surface area contributed by atoms with Gasteiger partial charge >= 0.3 is 0 Å². The van der Waals surface area contributed by atoms with Gasteiger partial charge in [0.15, 0.2) is 0 Å². The minimum atomic E-state index is -0.387. The van der Waals surface area contributed by atoms with Crippen molar-refractivity contribution in [1.29, 1.82) is 0 Å². The van der Waals surface area contributed by atoms with Crippen molar-refractivity contribution in [2.45, 2.75) is 20.0 Å². The number of hydrogen-bond donors (Lipinski definition) is 1. The highest BCUT2D eigenvalue weighted by Crippen LogP contribution is 2.10. The Morgan fingerprint density at radius 2 is 2.30 bits per heavy atom. The lowest BCUT2D eigenvalue weighted by atomic mass is 10.1. The van der Waals surface area contributed by atoms with Gasteiger partial charge in [0.1, 0.15) is 0 Å². The minimum absolute atomic E-state index is 0.387. The predicted molar refractivity (Wildman–Crippen MR) is 39.6 cm³/mol. The van der Waals surface area contributed by atoms with Gasteiger partial charge in [-0.05, 0) is 31.5 Å². The quantitative estimate of drug-likeness (QED) is 0.635. The Hall–Kier alpha value is -0.890. The number of nitrogens with zero attached hydrogens (tertiary/aromatic N) is 1. The van der Waals surface area contributed by atoms with Gasteiger partial charge < -0.3 is 5.11 Å². The fourth-order valence-corrected chi connectivity index (χ4v) is 0.827. The summed E-state index contributed by atoms with van der Waals surface area (Å²) in [7, 11) is 0. The summed E-state index contributed by atoms with van der Waals surface area (Å²) in [5.74, 6) is 0. The molecule has 1 rings (SSSR count). The van der Waals surface area contributed by atoms with E-state index in [2.05, 4.69) is 4.98 Å². The van der Waals surface area contributed by atoms with Crippen molar-refractivity contribution in [2.24, 2.45) is 0 Å². The lowest BCUT2D eigenvalue weighted by Crippen LogP contribution is -1.91. The molecule has 0 saturated carbocycles. The summed E-state index contributed by atoms with van der Waals surface area (Å²) < 4.78 is 0. The Labute approximate surface area is 60.5 Å². The van der Waals surface area contributed by atoms with Gasteiger partial charge in [-0.15, -0.1) is 0 Å². The third-order valence-corrected chi connectivity index (χ3v) is 1.40. The standard InChI is InChI=1S/C8H11NO/c1-6-5-8(7(2)10)3-4-9-6/h3-5,7,10H,1-2H3/t7-/m0/s1. The van der Waals surface area contributed by atoms with Gasteiger partial charge in [0.2, 0.25) is 0 Å². The molecule has 0 aliphatic rings. The number of aliphatic hydroxyl groups is 1. The van der Waals surface area contributed by atoms with Crippen LogP contribution < -0.4 is 0 Å². The van der Waals surface area contributed by atoms with Crippen LogP contribution in [0.1, 0.15) is 24.3 Å². The van der Waals surface area contributed by atoms with Crippen molar-refractivity contribution in [1.82, 2.24) is 4.98 Å². The molecule has 10 heavy (non-hydrogen) atoms. The first-order valence-electron chi connectivity index (χ1n) is 3.31. The average Bonchev–Trinajstić information content (AvgIpc) is 1.88. The van der Waals surface area contributed by atoms with Crippen LogP contribution in [-0.2, 0) is 0 Å². The van der Waals surface area contributed by atoms with E-state index >= 15 is 0 Å². The molecule has 0 unspecified atom stereocenters. The molecule has 54 valence electrons. The van der Waals surface area contributed by atoms with E-state index in [0.717, 1.165) is 11.3 Å². The number of aliphatic hydroxyl groups excluding tert-OH is 1. The molecular formula is C8H11NO. The number of aryl methyl sites for hydroxylation is 1. The van der Waals surface area contributed by atoms with E-state index in [0.29, 0.717) is 0 Å². The van der Waals surface area contributed by atoms with E-state index in [1.807, 2.05) is 19.1 Å². The summed E-state index contributed by atoms with van der Waals surface area (Å²) in [4.78, 5) is 4.01. The second-order valence-electron chi connectivity index (χ2n) is 2.41. The highest BCUT2D eigenvalue weighted by Gasteiger charge is 1.98. The first-order chi connectivity index (χ1) is 4.70. The van der Waals surface area contributed by atoms with Gasteiger partial charge in [0.05, 0.1) is 6.10 Å². The summed E-state index contributed by atoms with van der Waals surface area (Å²) in [5, 5.41) is 9.12. The molecular weight excluding hydrogens is 126 g/mol. The SMILES string of the molecule is Cc1cc([C@H](C)O)ccn1. The minimum Gasteiger partial charge on any atom is -0.389 e. The summed E-state index contributed by atoms with van der Waals surface area (Å²) in [6.07, 6.45) is 1.32. The Balaban J connectivity index is 2.96. The number of pyridine rings is 1. The molecule has 0 aliphatic carbocycles. The zero-order valence-electron chi connectivity index (χ0n) is 6.20. The molecule has 1 atom stereocenters. The highest BCUT2D eigenvalue weighted by molar-refractivity contribution is 5.16. The fourth-order valence-electron chi connectivity index (χ4n) is 0.827. The molecule has 2 heteroatoms. The van der Waals surface area contributed by atoms with Crippen molar-refractivity contribution < 1.29 is 5.11 Å². The maximum absolute atomic E-state index is 9.12. The van der Waals surface area contributed by atoms with Crippen molar-refractivity contribution >= 4 is 0 Å². The molecule has 0 fully saturated rings. The Morgan fingerprint density at radius 3 is 2.70 bits per heavy atom. The van der Waals surface area contributed by atoms with Gasteiger partial charge in [-0.3, -0.25) is 4.98 Å². The molecule has 1 aromatic rings. The third kappa shape index (κ3) is 1.54. The second-order valence-corrected chi connectivity index (χ2v) is 2.41. The molecule has 0 aliphatic heterocycles. The van der Waals surface area contributed by atoms with Gasteiger partial charge in [-0.2, -0.15) is 0 Å². The van der Waals surface area contributed by atoms with E-state index < -0.39 is 0 Å². The molecule has 0 amide bonds. The van der Waals surface area contributed by atoms with Gasteiger partial charge in [-0.1, -0.05) is 0 Å². The molecule has 2 nitrogen and oxygen atoms in total. The number of hydrogen-bond acceptors (Lipinski definition) is 2. The monoisotopic (exact) mass is 137 g/mol. The van der Waals surface area contributed by atoms with Crippen LogP contribution >= 0.6 is 0 Å². The van der Waals surface area contributed by atoms with E-state index in [-0.39, 0.29) is 6.10 Å². The van der Waals surface area contributed by atoms with Crippen LogP contribution in [0, 0.1) is 6.92 Å². The summed E-state index contributed by atoms with van der Waals surface area (Å²) in [6, 6.07) is 3.70. The zero-order valence-corrected chi connectivity index (χ0v) is 6.20. The molecule has 0 spiro atoms. The predicted octanol–water partition coefficient (Wildman–Crippen LogP) is 1.44. The van der Waals surface area contributed by atoms with Crippen molar-refractivity contribution in [2.75, 3.05) is 0 Å². The Bertz CT molecular complexity index is 220.